The van der Waals surface area contributed by atoms with E-state index in [1.165, 1.54) is 0 Å². The molecule has 94 valence electrons. The Morgan fingerprint density at radius 3 is 2.44 bits per heavy atom. The van der Waals surface area contributed by atoms with Crippen molar-refractivity contribution in [2.75, 3.05) is 20.2 Å². The molecule has 0 radical (unpaired) electrons. The molecule has 1 aliphatic rings. The second-order valence-electron chi connectivity index (χ2n) is 4.37. The molecule has 0 aromatic heterocycles. The summed E-state index contributed by atoms with van der Waals surface area (Å²) in [7, 11) is 1.84. The van der Waals surface area contributed by atoms with Crippen molar-refractivity contribution in [3.8, 4) is 0 Å². The molecule has 0 heterocycles. The molecule has 4 nitrogen and oxygen atoms in total. The molecule has 0 saturated heterocycles. The fraction of sp³-hybridized carbons (Fsp3) is 0.917. The van der Waals surface area contributed by atoms with Crippen molar-refractivity contribution in [3.63, 3.8) is 0 Å². The van der Waals surface area contributed by atoms with E-state index in [1.54, 1.807) is 4.90 Å². The lowest BCUT2D eigenvalue weighted by Gasteiger charge is -2.34. The molecule has 4 heteroatoms. The highest BCUT2D eigenvalue weighted by Gasteiger charge is 2.26. The molecule has 1 fully saturated rings. The number of ether oxygens (including phenoxy) is 1. The summed E-state index contributed by atoms with van der Waals surface area (Å²) in [5.41, 5.74) is 0. The zero-order valence-electron chi connectivity index (χ0n) is 10.7. The highest BCUT2D eigenvalue weighted by atomic mass is 16.6. The van der Waals surface area contributed by atoms with Crippen LogP contribution in [0, 0.1) is 0 Å². The lowest BCUT2D eigenvalue weighted by Crippen LogP contribution is -2.43. The quantitative estimate of drug-likeness (QED) is 0.800. The lowest BCUT2D eigenvalue weighted by molar-refractivity contribution is 0.0904. The van der Waals surface area contributed by atoms with Crippen molar-refractivity contribution in [2.24, 2.45) is 0 Å². The lowest BCUT2D eigenvalue weighted by atomic mass is 9.90. The van der Waals surface area contributed by atoms with Gasteiger partial charge in [0.1, 0.15) is 0 Å². The van der Waals surface area contributed by atoms with E-state index >= 15 is 0 Å². The summed E-state index contributed by atoms with van der Waals surface area (Å²) in [4.78, 5) is 13.3. The van der Waals surface area contributed by atoms with Gasteiger partial charge in [0.15, 0.2) is 0 Å². The van der Waals surface area contributed by atoms with E-state index in [-0.39, 0.29) is 6.09 Å². The Bertz CT molecular complexity index is 213. The topological polar surface area (TPSA) is 41.6 Å². The van der Waals surface area contributed by atoms with Crippen LogP contribution < -0.4 is 5.32 Å². The Hall–Kier alpha value is -0.770. The van der Waals surface area contributed by atoms with Crippen LogP contribution >= 0.6 is 0 Å². The third-order valence-electron chi connectivity index (χ3n) is 3.29. The Labute approximate surface area is 98.3 Å². The van der Waals surface area contributed by atoms with E-state index in [1.807, 2.05) is 14.0 Å². The molecule has 0 spiro atoms. The van der Waals surface area contributed by atoms with Crippen LogP contribution in [0.4, 0.5) is 4.79 Å². The first-order valence-corrected chi connectivity index (χ1v) is 6.32. The average molecular weight is 228 g/mol. The van der Waals surface area contributed by atoms with Gasteiger partial charge in [0, 0.05) is 19.1 Å². The number of carbonyl (C=O) groups is 1. The van der Waals surface area contributed by atoms with Crippen molar-refractivity contribution in [1.82, 2.24) is 10.2 Å². The summed E-state index contributed by atoms with van der Waals surface area (Å²) in [6, 6.07) is 0.991. The highest BCUT2D eigenvalue weighted by Crippen LogP contribution is 2.22. The first-order valence-electron chi connectivity index (χ1n) is 6.32. The minimum Gasteiger partial charge on any atom is -0.450 e. The summed E-state index contributed by atoms with van der Waals surface area (Å²) in [6.07, 6.45) is 4.28. The number of amides is 1. The van der Waals surface area contributed by atoms with E-state index < -0.39 is 0 Å². The van der Waals surface area contributed by atoms with Crippen molar-refractivity contribution in [3.05, 3.63) is 0 Å². The highest BCUT2D eigenvalue weighted by molar-refractivity contribution is 5.67. The van der Waals surface area contributed by atoms with Crippen molar-refractivity contribution in [2.45, 2.75) is 51.6 Å². The second-order valence-corrected chi connectivity index (χ2v) is 4.37. The standard InChI is InChI=1S/C12H24N2O2/c1-4-13-10-6-8-11(9-7-10)14(3)12(15)16-5-2/h10-11,13H,4-9H2,1-3H3. The molecule has 0 atom stereocenters. The van der Waals surface area contributed by atoms with E-state index in [0.717, 1.165) is 32.2 Å². The van der Waals surface area contributed by atoms with Gasteiger partial charge in [-0.1, -0.05) is 6.92 Å². The largest absolute Gasteiger partial charge is 0.450 e. The maximum atomic E-state index is 11.5. The van der Waals surface area contributed by atoms with Crippen LogP contribution in [-0.4, -0.2) is 43.3 Å². The zero-order valence-corrected chi connectivity index (χ0v) is 10.7. The molecule has 1 aliphatic carbocycles. The normalized spacial score (nSPS) is 25.2. The fourth-order valence-corrected chi connectivity index (χ4v) is 2.33. The molecule has 0 aliphatic heterocycles. The van der Waals surface area contributed by atoms with Crippen LogP contribution in [0.25, 0.3) is 0 Å². The summed E-state index contributed by atoms with van der Waals surface area (Å²) in [6.45, 7) is 5.46. The molecule has 0 unspecified atom stereocenters. The van der Waals surface area contributed by atoms with Gasteiger partial charge in [-0.2, -0.15) is 0 Å². The van der Waals surface area contributed by atoms with Gasteiger partial charge in [-0.05, 0) is 39.2 Å². The van der Waals surface area contributed by atoms with Gasteiger partial charge in [0.05, 0.1) is 6.61 Å². The minimum atomic E-state index is -0.186. The van der Waals surface area contributed by atoms with E-state index in [0.29, 0.717) is 18.7 Å². The molecule has 1 saturated carbocycles. The van der Waals surface area contributed by atoms with Crippen LogP contribution in [-0.2, 0) is 4.74 Å². The summed E-state index contributed by atoms with van der Waals surface area (Å²) >= 11 is 0. The molecule has 1 rings (SSSR count). The van der Waals surface area contributed by atoms with Crippen molar-refractivity contribution in [1.29, 1.82) is 0 Å². The second kappa shape index (κ2) is 6.74. The molecule has 16 heavy (non-hydrogen) atoms. The number of hydrogen-bond donors (Lipinski definition) is 1. The van der Waals surface area contributed by atoms with Gasteiger partial charge in [-0.15, -0.1) is 0 Å². The van der Waals surface area contributed by atoms with Gasteiger partial charge >= 0.3 is 6.09 Å². The minimum absolute atomic E-state index is 0.186. The first kappa shape index (κ1) is 13.3. The fourth-order valence-electron chi connectivity index (χ4n) is 2.33. The maximum Gasteiger partial charge on any atom is 0.409 e. The molecular weight excluding hydrogens is 204 g/mol. The van der Waals surface area contributed by atoms with E-state index in [9.17, 15) is 4.79 Å². The summed E-state index contributed by atoms with van der Waals surface area (Å²) in [5, 5.41) is 3.46. The third kappa shape index (κ3) is 3.67. The average Bonchev–Trinajstić information content (AvgIpc) is 2.30. The summed E-state index contributed by atoms with van der Waals surface area (Å²) < 4.78 is 5.00. The van der Waals surface area contributed by atoms with Gasteiger partial charge in [-0.3, -0.25) is 0 Å². The predicted molar refractivity (Wildman–Crippen MR) is 64.5 cm³/mol. The Morgan fingerprint density at radius 1 is 1.31 bits per heavy atom. The first-order chi connectivity index (χ1) is 7.69. The van der Waals surface area contributed by atoms with Crippen LogP contribution in [0.5, 0.6) is 0 Å². The molecule has 1 amide bonds. The molecule has 0 bridgehead atoms. The maximum absolute atomic E-state index is 11.5. The van der Waals surface area contributed by atoms with Crippen LogP contribution in [0.1, 0.15) is 39.5 Å². The Morgan fingerprint density at radius 2 is 1.94 bits per heavy atom. The van der Waals surface area contributed by atoms with Gasteiger partial charge in [-0.25, -0.2) is 4.79 Å². The van der Waals surface area contributed by atoms with Crippen molar-refractivity contribution < 1.29 is 9.53 Å². The molecule has 1 N–H and O–H groups in total. The molecule has 0 aromatic carbocycles. The number of carbonyl (C=O) groups excluding carboxylic acids is 1. The van der Waals surface area contributed by atoms with Crippen LogP contribution in [0.15, 0.2) is 0 Å². The Balaban J connectivity index is 2.32. The SMILES string of the molecule is CCNC1CCC(N(C)C(=O)OCC)CC1. The van der Waals surface area contributed by atoms with E-state index in [4.69, 9.17) is 4.74 Å². The van der Waals surface area contributed by atoms with Gasteiger partial charge in [0.2, 0.25) is 0 Å². The zero-order chi connectivity index (χ0) is 12.0. The third-order valence-corrected chi connectivity index (χ3v) is 3.29. The van der Waals surface area contributed by atoms with Gasteiger partial charge in [0.25, 0.3) is 0 Å². The number of hydrogen-bond acceptors (Lipinski definition) is 3. The number of rotatable bonds is 4. The molecule has 0 aromatic rings. The van der Waals surface area contributed by atoms with Crippen molar-refractivity contribution >= 4 is 6.09 Å². The van der Waals surface area contributed by atoms with Crippen LogP contribution in [0.2, 0.25) is 0 Å². The monoisotopic (exact) mass is 228 g/mol. The Kier molecular flexibility index (Phi) is 5.60. The van der Waals surface area contributed by atoms with Crippen LogP contribution in [0.3, 0.4) is 0 Å². The summed E-state index contributed by atoms with van der Waals surface area (Å²) in [5.74, 6) is 0. The smallest absolute Gasteiger partial charge is 0.409 e. The molecular formula is C12H24N2O2. The number of nitrogens with one attached hydrogen (secondary N) is 1. The van der Waals surface area contributed by atoms with E-state index in [2.05, 4.69) is 12.2 Å². The van der Waals surface area contributed by atoms with Gasteiger partial charge < -0.3 is 15.0 Å². The number of nitrogens with zero attached hydrogens (tertiary/aromatic N) is 1. The predicted octanol–water partition coefficient (Wildman–Crippen LogP) is 2.00.